The van der Waals surface area contributed by atoms with Crippen LogP contribution in [0.4, 0.5) is 0 Å². The summed E-state index contributed by atoms with van der Waals surface area (Å²) >= 11 is 0. The second kappa shape index (κ2) is 5.14. The number of allylic oxidation sites excluding steroid dienone is 1. The second-order valence-electron chi connectivity index (χ2n) is 2.73. The Bertz CT molecular complexity index is 301. The van der Waals surface area contributed by atoms with Gasteiger partial charge in [0.05, 0.1) is 6.21 Å². The molecule has 0 aromatic heterocycles. The highest BCUT2D eigenvalue weighted by Crippen LogP contribution is 2.07. The smallest absolute Gasteiger partial charge is 0.0693 e. The average Bonchev–Trinajstić information content (AvgIpc) is 2.19. The maximum atomic E-state index is 8.37. The lowest BCUT2D eigenvalue weighted by molar-refractivity contribution is 0.321. The van der Waals surface area contributed by atoms with Crippen LogP contribution in [0.1, 0.15) is 18.9 Å². The van der Waals surface area contributed by atoms with Gasteiger partial charge in [-0.1, -0.05) is 48.5 Å². The number of oxime groups is 1. The third-order valence-corrected chi connectivity index (χ3v) is 1.78. The molecule has 1 aromatic carbocycles. The first-order valence-electron chi connectivity index (χ1n) is 4.30. The van der Waals surface area contributed by atoms with Gasteiger partial charge in [0.2, 0.25) is 0 Å². The standard InChI is InChI=1S/C11H13NO/c1-2-10(9-12-13)8-11-6-4-3-5-7-11/h3-9,13H,2H2,1H3/b10-8-,12-9+. The second-order valence-corrected chi connectivity index (χ2v) is 2.73. The van der Waals surface area contributed by atoms with Crippen LogP contribution in [-0.2, 0) is 0 Å². The largest absolute Gasteiger partial charge is 0.411 e. The Hall–Kier alpha value is -1.57. The van der Waals surface area contributed by atoms with Gasteiger partial charge in [-0.25, -0.2) is 0 Å². The van der Waals surface area contributed by atoms with Crippen LogP contribution in [0.2, 0.25) is 0 Å². The predicted molar refractivity (Wildman–Crippen MR) is 55.0 cm³/mol. The van der Waals surface area contributed by atoms with Gasteiger partial charge in [-0.2, -0.15) is 0 Å². The van der Waals surface area contributed by atoms with E-state index in [0.717, 1.165) is 17.6 Å². The maximum Gasteiger partial charge on any atom is 0.0693 e. The number of rotatable bonds is 3. The first-order valence-corrected chi connectivity index (χ1v) is 4.30. The number of hydrogen-bond donors (Lipinski definition) is 1. The molecule has 0 aliphatic carbocycles. The fraction of sp³-hybridized carbons (Fsp3) is 0.182. The average molecular weight is 175 g/mol. The molecule has 0 bridgehead atoms. The molecule has 13 heavy (non-hydrogen) atoms. The monoisotopic (exact) mass is 175 g/mol. The number of hydrogen-bond acceptors (Lipinski definition) is 2. The summed E-state index contributed by atoms with van der Waals surface area (Å²) < 4.78 is 0. The van der Waals surface area contributed by atoms with Gasteiger partial charge in [-0.15, -0.1) is 0 Å². The van der Waals surface area contributed by atoms with Crippen LogP contribution < -0.4 is 0 Å². The zero-order chi connectivity index (χ0) is 9.52. The van der Waals surface area contributed by atoms with Crippen molar-refractivity contribution in [3.05, 3.63) is 41.5 Å². The fourth-order valence-corrected chi connectivity index (χ4v) is 1.07. The molecule has 0 aliphatic rings. The van der Waals surface area contributed by atoms with E-state index in [-0.39, 0.29) is 0 Å². The van der Waals surface area contributed by atoms with Gasteiger partial charge in [0.15, 0.2) is 0 Å². The van der Waals surface area contributed by atoms with Crippen molar-refractivity contribution >= 4 is 12.3 Å². The van der Waals surface area contributed by atoms with Gasteiger partial charge in [-0.05, 0) is 17.6 Å². The molecule has 0 radical (unpaired) electrons. The Kier molecular flexibility index (Phi) is 3.76. The van der Waals surface area contributed by atoms with E-state index in [9.17, 15) is 0 Å². The first kappa shape index (κ1) is 9.52. The van der Waals surface area contributed by atoms with E-state index in [1.165, 1.54) is 6.21 Å². The van der Waals surface area contributed by atoms with Gasteiger partial charge in [0.25, 0.3) is 0 Å². The molecule has 0 fully saturated rings. The number of nitrogens with zero attached hydrogens (tertiary/aromatic N) is 1. The van der Waals surface area contributed by atoms with Crippen LogP contribution in [0.15, 0.2) is 41.1 Å². The zero-order valence-electron chi connectivity index (χ0n) is 7.64. The topological polar surface area (TPSA) is 32.6 Å². The van der Waals surface area contributed by atoms with Crippen molar-refractivity contribution in [2.24, 2.45) is 5.16 Å². The van der Waals surface area contributed by atoms with Gasteiger partial charge in [-0.3, -0.25) is 0 Å². The third kappa shape index (κ3) is 3.11. The summed E-state index contributed by atoms with van der Waals surface area (Å²) in [6, 6.07) is 9.97. The molecule has 2 heteroatoms. The van der Waals surface area contributed by atoms with Crippen LogP contribution in [-0.4, -0.2) is 11.4 Å². The van der Waals surface area contributed by atoms with Crippen molar-refractivity contribution in [3.8, 4) is 0 Å². The molecule has 0 atom stereocenters. The van der Waals surface area contributed by atoms with Crippen LogP contribution in [0, 0.1) is 0 Å². The molecular weight excluding hydrogens is 162 g/mol. The van der Waals surface area contributed by atoms with E-state index in [0.29, 0.717) is 0 Å². The van der Waals surface area contributed by atoms with Crippen LogP contribution >= 0.6 is 0 Å². The third-order valence-electron chi connectivity index (χ3n) is 1.78. The van der Waals surface area contributed by atoms with Crippen LogP contribution in [0.5, 0.6) is 0 Å². The Morgan fingerprint density at radius 2 is 2.08 bits per heavy atom. The van der Waals surface area contributed by atoms with Crippen molar-refractivity contribution < 1.29 is 5.21 Å². The van der Waals surface area contributed by atoms with Crippen LogP contribution in [0.3, 0.4) is 0 Å². The molecule has 0 spiro atoms. The molecule has 0 saturated heterocycles. The summed E-state index contributed by atoms with van der Waals surface area (Å²) in [5, 5.41) is 11.4. The summed E-state index contributed by atoms with van der Waals surface area (Å²) in [7, 11) is 0. The summed E-state index contributed by atoms with van der Waals surface area (Å²) in [4.78, 5) is 0. The predicted octanol–water partition coefficient (Wildman–Crippen LogP) is 2.94. The molecule has 0 aliphatic heterocycles. The molecule has 68 valence electrons. The lowest BCUT2D eigenvalue weighted by Gasteiger charge is -1.96. The van der Waals surface area contributed by atoms with E-state index in [2.05, 4.69) is 5.16 Å². The van der Waals surface area contributed by atoms with Crippen molar-refractivity contribution in [3.63, 3.8) is 0 Å². The fourth-order valence-electron chi connectivity index (χ4n) is 1.07. The van der Waals surface area contributed by atoms with Gasteiger partial charge in [0.1, 0.15) is 0 Å². The molecule has 0 unspecified atom stereocenters. The molecule has 0 amide bonds. The van der Waals surface area contributed by atoms with E-state index in [1.54, 1.807) is 0 Å². The van der Waals surface area contributed by atoms with Crippen molar-refractivity contribution in [2.75, 3.05) is 0 Å². The minimum atomic E-state index is 0.860. The van der Waals surface area contributed by atoms with E-state index in [1.807, 2.05) is 43.3 Å². The number of benzene rings is 1. The maximum absolute atomic E-state index is 8.37. The quantitative estimate of drug-likeness (QED) is 0.427. The van der Waals surface area contributed by atoms with E-state index >= 15 is 0 Å². The lowest BCUT2D eigenvalue weighted by atomic mass is 10.1. The van der Waals surface area contributed by atoms with Gasteiger partial charge >= 0.3 is 0 Å². The van der Waals surface area contributed by atoms with Crippen LogP contribution in [0.25, 0.3) is 6.08 Å². The SMILES string of the molecule is CCC(=C/c1ccccc1)/C=N/O. The molecule has 1 aromatic rings. The minimum Gasteiger partial charge on any atom is -0.411 e. The molecule has 1 rings (SSSR count). The first-order chi connectivity index (χ1) is 6.36. The summed E-state index contributed by atoms with van der Waals surface area (Å²) in [6.07, 6.45) is 4.33. The highest BCUT2D eigenvalue weighted by atomic mass is 16.4. The van der Waals surface area contributed by atoms with Crippen molar-refractivity contribution in [2.45, 2.75) is 13.3 Å². The normalized spacial score (nSPS) is 12.2. The molecule has 2 nitrogen and oxygen atoms in total. The highest BCUT2D eigenvalue weighted by molar-refractivity contribution is 5.84. The Morgan fingerprint density at radius 1 is 1.38 bits per heavy atom. The zero-order valence-corrected chi connectivity index (χ0v) is 7.64. The van der Waals surface area contributed by atoms with Crippen molar-refractivity contribution in [1.29, 1.82) is 0 Å². The van der Waals surface area contributed by atoms with E-state index in [4.69, 9.17) is 5.21 Å². The van der Waals surface area contributed by atoms with Gasteiger partial charge < -0.3 is 5.21 Å². The molecule has 0 saturated carbocycles. The molecular formula is C11H13NO. The molecule has 0 heterocycles. The van der Waals surface area contributed by atoms with E-state index < -0.39 is 0 Å². The highest BCUT2D eigenvalue weighted by Gasteiger charge is 1.90. The van der Waals surface area contributed by atoms with Crippen molar-refractivity contribution in [1.82, 2.24) is 0 Å². The Balaban J connectivity index is 2.85. The minimum absolute atomic E-state index is 0.860. The Labute approximate surface area is 78.2 Å². The summed E-state index contributed by atoms with van der Waals surface area (Å²) in [6.45, 7) is 2.02. The summed E-state index contributed by atoms with van der Waals surface area (Å²) in [5.74, 6) is 0. The lowest BCUT2D eigenvalue weighted by Crippen LogP contribution is -1.82. The molecule has 1 N–H and O–H groups in total. The summed E-state index contributed by atoms with van der Waals surface area (Å²) in [5.41, 5.74) is 2.13. The Morgan fingerprint density at radius 3 is 2.62 bits per heavy atom. The van der Waals surface area contributed by atoms with Gasteiger partial charge in [0, 0.05) is 0 Å².